The van der Waals surface area contributed by atoms with Crippen LogP contribution in [-0.4, -0.2) is 29.5 Å². The fraction of sp³-hybridized carbons (Fsp3) is 0.300. The zero-order valence-electron chi connectivity index (χ0n) is 20.2. The summed E-state index contributed by atoms with van der Waals surface area (Å²) in [5.74, 6) is 0.213. The number of nitrogens with one attached hydrogen (secondary N) is 1. The van der Waals surface area contributed by atoms with Crippen LogP contribution in [0.1, 0.15) is 43.5 Å². The molecule has 0 aliphatic heterocycles. The molecule has 1 N–H and O–H groups in total. The largest absolute Gasteiger partial charge is 0.452 e. The predicted molar refractivity (Wildman–Crippen MR) is 139 cm³/mol. The van der Waals surface area contributed by atoms with Crippen LogP contribution in [0, 0.1) is 11.8 Å². The fourth-order valence-corrected chi connectivity index (χ4v) is 5.17. The summed E-state index contributed by atoms with van der Waals surface area (Å²) in [7, 11) is 0. The monoisotopic (exact) mass is 466 g/mol. The van der Waals surface area contributed by atoms with Gasteiger partial charge in [0.2, 0.25) is 0 Å². The first-order valence-corrected chi connectivity index (χ1v) is 12.4. The van der Waals surface area contributed by atoms with Gasteiger partial charge < -0.3 is 10.1 Å². The number of pyridine rings is 1. The van der Waals surface area contributed by atoms with Crippen molar-refractivity contribution < 1.29 is 14.3 Å². The highest BCUT2D eigenvalue weighted by Crippen LogP contribution is 2.31. The predicted octanol–water partition coefficient (Wildman–Crippen LogP) is 6.15. The third-order valence-electron chi connectivity index (χ3n) is 7.39. The Kier molecular flexibility index (Phi) is 6.49. The molecule has 5 rings (SSSR count). The number of hydrogen-bond acceptors (Lipinski definition) is 4. The molecule has 0 saturated heterocycles. The Morgan fingerprint density at radius 3 is 2.54 bits per heavy atom. The molecule has 3 aromatic carbocycles. The summed E-state index contributed by atoms with van der Waals surface area (Å²) in [5, 5.41) is 5.94. The highest BCUT2D eigenvalue weighted by atomic mass is 16.5. The molecule has 3 unspecified atom stereocenters. The Hall–Kier alpha value is -3.73. The summed E-state index contributed by atoms with van der Waals surface area (Å²) >= 11 is 0. The Labute approximate surface area is 205 Å². The topological polar surface area (TPSA) is 68.3 Å². The zero-order valence-corrected chi connectivity index (χ0v) is 20.2. The summed E-state index contributed by atoms with van der Waals surface area (Å²) in [6, 6.07) is 23.6. The highest BCUT2D eigenvalue weighted by molar-refractivity contribution is 6.06. The maximum atomic E-state index is 13.2. The number of ether oxygens (including phenoxy) is 1. The van der Waals surface area contributed by atoms with Gasteiger partial charge in [0.1, 0.15) is 0 Å². The molecule has 0 spiro atoms. The Morgan fingerprint density at radius 1 is 0.943 bits per heavy atom. The molecule has 3 atom stereocenters. The quantitative estimate of drug-likeness (QED) is 0.358. The van der Waals surface area contributed by atoms with E-state index in [0.717, 1.165) is 29.2 Å². The van der Waals surface area contributed by atoms with Gasteiger partial charge in [-0.3, -0.25) is 4.79 Å². The molecule has 0 radical (unpaired) electrons. The second-order valence-corrected chi connectivity index (χ2v) is 9.62. The van der Waals surface area contributed by atoms with Gasteiger partial charge in [-0.2, -0.15) is 0 Å². The molecule has 1 saturated carbocycles. The molecule has 1 aliphatic rings. The average molecular weight is 467 g/mol. The minimum atomic E-state index is -0.523. The van der Waals surface area contributed by atoms with Crippen LogP contribution in [0.2, 0.25) is 0 Å². The average Bonchev–Trinajstić information content (AvgIpc) is 2.89. The van der Waals surface area contributed by atoms with Crippen molar-refractivity contribution in [3.05, 3.63) is 78.4 Å². The number of para-hydroxylation sites is 1. The van der Waals surface area contributed by atoms with Gasteiger partial charge in [-0.05, 0) is 41.2 Å². The van der Waals surface area contributed by atoms with E-state index in [0.29, 0.717) is 34.0 Å². The second kappa shape index (κ2) is 9.87. The standard InChI is InChI=1S/C30H30N2O3/c1-19-9-7-16-26(20(19)2)32-29(33)18-35-30(34)25-17-28(31-27-15-6-5-13-24(25)27)23-14-8-11-21-10-3-4-12-22(21)23/h3-6,8,10-15,17,19-20,26H,7,9,16,18H2,1-2H3,(H,32,33). The van der Waals surface area contributed by atoms with E-state index >= 15 is 0 Å². The molecular formula is C30H30N2O3. The number of rotatable bonds is 5. The lowest BCUT2D eigenvalue weighted by Crippen LogP contribution is -2.45. The third-order valence-corrected chi connectivity index (χ3v) is 7.39. The summed E-state index contributed by atoms with van der Waals surface area (Å²) in [5.41, 5.74) is 2.76. The van der Waals surface area contributed by atoms with Crippen LogP contribution >= 0.6 is 0 Å². The molecule has 1 aliphatic carbocycles. The molecular weight excluding hydrogens is 436 g/mol. The Morgan fingerprint density at radius 2 is 1.69 bits per heavy atom. The van der Waals surface area contributed by atoms with E-state index in [1.165, 1.54) is 6.42 Å². The van der Waals surface area contributed by atoms with E-state index < -0.39 is 5.97 Å². The Bertz CT molecular complexity index is 1390. The van der Waals surface area contributed by atoms with Crippen LogP contribution in [0.25, 0.3) is 32.9 Å². The van der Waals surface area contributed by atoms with Crippen LogP contribution in [-0.2, 0) is 9.53 Å². The number of aromatic nitrogens is 1. The molecule has 35 heavy (non-hydrogen) atoms. The van der Waals surface area contributed by atoms with E-state index in [9.17, 15) is 9.59 Å². The molecule has 1 amide bonds. The van der Waals surface area contributed by atoms with E-state index in [2.05, 4.69) is 37.4 Å². The minimum Gasteiger partial charge on any atom is -0.452 e. The summed E-state index contributed by atoms with van der Waals surface area (Å²) in [6.07, 6.45) is 3.27. The van der Waals surface area contributed by atoms with Gasteiger partial charge in [0.05, 0.1) is 16.8 Å². The molecule has 0 bridgehead atoms. The molecule has 1 heterocycles. The van der Waals surface area contributed by atoms with Crippen molar-refractivity contribution in [2.45, 2.75) is 39.2 Å². The zero-order chi connectivity index (χ0) is 24.4. The van der Waals surface area contributed by atoms with Crippen molar-refractivity contribution in [3.8, 4) is 11.3 Å². The fourth-order valence-electron chi connectivity index (χ4n) is 5.17. The molecule has 5 nitrogen and oxygen atoms in total. The number of carbonyl (C=O) groups excluding carboxylic acids is 2. The van der Waals surface area contributed by atoms with Gasteiger partial charge in [0.15, 0.2) is 6.61 Å². The lowest BCUT2D eigenvalue weighted by Gasteiger charge is -2.34. The van der Waals surface area contributed by atoms with Gasteiger partial charge >= 0.3 is 5.97 Å². The maximum absolute atomic E-state index is 13.2. The number of esters is 1. The van der Waals surface area contributed by atoms with Crippen molar-refractivity contribution in [2.24, 2.45) is 11.8 Å². The summed E-state index contributed by atoms with van der Waals surface area (Å²) in [4.78, 5) is 30.6. The number of hydrogen-bond donors (Lipinski definition) is 1. The van der Waals surface area contributed by atoms with Gasteiger partial charge in [0, 0.05) is 17.0 Å². The first kappa shape index (κ1) is 23.0. The van der Waals surface area contributed by atoms with Crippen LogP contribution in [0.5, 0.6) is 0 Å². The summed E-state index contributed by atoms with van der Waals surface area (Å²) in [6.45, 7) is 4.11. The van der Waals surface area contributed by atoms with Crippen molar-refractivity contribution in [2.75, 3.05) is 6.61 Å². The Balaban J connectivity index is 1.40. The maximum Gasteiger partial charge on any atom is 0.339 e. The van der Waals surface area contributed by atoms with Gasteiger partial charge in [-0.15, -0.1) is 0 Å². The number of amides is 1. The van der Waals surface area contributed by atoms with E-state index in [4.69, 9.17) is 9.72 Å². The van der Waals surface area contributed by atoms with Crippen LogP contribution in [0.3, 0.4) is 0 Å². The molecule has 1 aromatic heterocycles. The van der Waals surface area contributed by atoms with E-state index in [1.807, 2.05) is 48.5 Å². The van der Waals surface area contributed by atoms with E-state index in [-0.39, 0.29) is 18.6 Å². The van der Waals surface area contributed by atoms with Crippen molar-refractivity contribution in [3.63, 3.8) is 0 Å². The number of benzene rings is 3. The van der Waals surface area contributed by atoms with E-state index in [1.54, 1.807) is 6.07 Å². The molecule has 1 fully saturated rings. The second-order valence-electron chi connectivity index (χ2n) is 9.62. The van der Waals surface area contributed by atoms with Crippen molar-refractivity contribution >= 4 is 33.6 Å². The SMILES string of the molecule is CC1CCCC(NC(=O)COC(=O)c2cc(-c3cccc4ccccc34)nc3ccccc23)C1C. The lowest BCUT2D eigenvalue weighted by atomic mass is 9.78. The normalized spacial score (nSPS) is 20.0. The molecule has 178 valence electrons. The van der Waals surface area contributed by atoms with Crippen LogP contribution in [0.15, 0.2) is 72.8 Å². The highest BCUT2D eigenvalue weighted by Gasteiger charge is 2.28. The smallest absolute Gasteiger partial charge is 0.339 e. The number of carbonyl (C=O) groups is 2. The van der Waals surface area contributed by atoms with Crippen LogP contribution < -0.4 is 5.32 Å². The number of fused-ring (bicyclic) bond motifs is 2. The minimum absolute atomic E-state index is 0.129. The lowest BCUT2D eigenvalue weighted by molar-refractivity contribution is -0.125. The van der Waals surface area contributed by atoms with Crippen molar-refractivity contribution in [1.29, 1.82) is 0 Å². The number of nitrogens with zero attached hydrogens (tertiary/aromatic N) is 1. The van der Waals surface area contributed by atoms with Gasteiger partial charge in [-0.1, -0.05) is 87.4 Å². The first-order valence-electron chi connectivity index (χ1n) is 12.4. The molecule has 5 heteroatoms. The first-order chi connectivity index (χ1) is 17.0. The van der Waals surface area contributed by atoms with Crippen LogP contribution in [0.4, 0.5) is 0 Å². The van der Waals surface area contributed by atoms with Gasteiger partial charge in [-0.25, -0.2) is 9.78 Å². The van der Waals surface area contributed by atoms with Gasteiger partial charge in [0.25, 0.3) is 5.91 Å². The third kappa shape index (κ3) is 4.76. The molecule has 4 aromatic rings. The summed E-state index contributed by atoms with van der Waals surface area (Å²) < 4.78 is 5.50. The van der Waals surface area contributed by atoms with Crippen molar-refractivity contribution in [1.82, 2.24) is 10.3 Å².